The standard InChI is InChI=1S/C20H17F3N8O/c1-11-9-32-10-15(11)28-19-30-17(14-3-2-4-16(27-14)20(21,22)23)29-18(31-19)26-12-5-6-25-13(7-12)8-24/h2-7,11,15H,9-10H2,1H3,(H2,25,26,28,29,30,31). The van der Waals surface area contributed by atoms with Crippen molar-refractivity contribution >= 4 is 17.6 Å². The minimum absolute atomic E-state index is 0.0442. The lowest BCUT2D eigenvalue weighted by molar-refractivity contribution is -0.141. The summed E-state index contributed by atoms with van der Waals surface area (Å²) in [7, 11) is 0. The van der Waals surface area contributed by atoms with E-state index < -0.39 is 11.9 Å². The number of anilines is 3. The molecule has 12 heteroatoms. The van der Waals surface area contributed by atoms with Gasteiger partial charge < -0.3 is 15.4 Å². The largest absolute Gasteiger partial charge is 0.433 e. The number of nitrogens with one attached hydrogen (secondary N) is 2. The molecule has 1 fully saturated rings. The molecule has 2 atom stereocenters. The van der Waals surface area contributed by atoms with Crippen molar-refractivity contribution in [1.82, 2.24) is 24.9 Å². The fourth-order valence-electron chi connectivity index (χ4n) is 3.04. The molecule has 9 nitrogen and oxygen atoms in total. The molecule has 1 aliphatic heterocycles. The summed E-state index contributed by atoms with van der Waals surface area (Å²) in [5.74, 6) is 0.376. The van der Waals surface area contributed by atoms with Gasteiger partial charge in [-0.05, 0) is 24.3 Å². The van der Waals surface area contributed by atoms with Crippen molar-refractivity contribution in [1.29, 1.82) is 5.26 Å². The van der Waals surface area contributed by atoms with Gasteiger partial charge in [-0.2, -0.15) is 33.4 Å². The molecule has 4 heterocycles. The molecule has 164 valence electrons. The van der Waals surface area contributed by atoms with Crippen LogP contribution in [-0.2, 0) is 10.9 Å². The second-order valence-electron chi connectivity index (χ2n) is 7.14. The van der Waals surface area contributed by atoms with Gasteiger partial charge in [0, 0.05) is 17.8 Å². The van der Waals surface area contributed by atoms with E-state index in [9.17, 15) is 13.2 Å². The molecule has 2 unspecified atom stereocenters. The first-order valence-corrected chi connectivity index (χ1v) is 9.60. The molecule has 0 bridgehead atoms. The highest BCUT2D eigenvalue weighted by molar-refractivity contribution is 5.59. The van der Waals surface area contributed by atoms with Crippen LogP contribution in [0, 0.1) is 17.2 Å². The highest BCUT2D eigenvalue weighted by Crippen LogP contribution is 2.29. The van der Waals surface area contributed by atoms with Gasteiger partial charge in [-0.1, -0.05) is 13.0 Å². The third-order valence-corrected chi connectivity index (χ3v) is 4.71. The summed E-state index contributed by atoms with van der Waals surface area (Å²) < 4.78 is 44.8. The number of nitrogens with zero attached hydrogens (tertiary/aromatic N) is 6. The quantitative estimate of drug-likeness (QED) is 0.612. The zero-order valence-corrected chi connectivity index (χ0v) is 16.8. The van der Waals surface area contributed by atoms with Crippen LogP contribution >= 0.6 is 0 Å². The highest BCUT2D eigenvalue weighted by atomic mass is 19.4. The zero-order valence-electron chi connectivity index (χ0n) is 16.8. The minimum Gasteiger partial charge on any atom is -0.379 e. The van der Waals surface area contributed by atoms with Gasteiger partial charge in [0.15, 0.2) is 5.82 Å². The molecule has 32 heavy (non-hydrogen) atoms. The van der Waals surface area contributed by atoms with Crippen LogP contribution in [0.4, 0.5) is 30.8 Å². The van der Waals surface area contributed by atoms with Crippen molar-refractivity contribution in [3.63, 3.8) is 0 Å². The summed E-state index contributed by atoms with van der Waals surface area (Å²) in [6.07, 6.45) is -3.17. The van der Waals surface area contributed by atoms with Crippen molar-refractivity contribution < 1.29 is 17.9 Å². The Morgan fingerprint density at radius 3 is 2.62 bits per heavy atom. The minimum atomic E-state index is -4.60. The number of pyridine rings is 2. The second kappa shape index (κ2) is 8.72. The first-order chi connectivity index (χ1) is 15.3. The Labute approximate surface area is 180 Å². The fourth-order valence-corrected chi connectivity index (χ4v) is 3.04. The van der Waals surface area contributed by atoms with Crippen LogP contribution in [0.3, 0.4) is 0 Å². The monoisotopic (exact) mass is 442 g/mol. The maximum Gasteiger partial charge on any atom is 0.433 e. The lowest BCUT2D eigenvalue weighted by Crippen LogP contribution is -2.27. The van der Waals surface area contributed by atoms with Gasteiger partial charge in [-0.15, -0.1) is 0 Å². The molecule has 3 aromatic heterocycles. The Bertz CT molecular complexity index is 1160. The average Bonchev–Trinajstić information content (AvgIpc) is 3.17. The lowest BCUT2D eigenvalue weighted by atomic mass is 10.1. The van der Waals surface area contributed by atoms with Gasteiger partial charge in [-0.25, -0.2) is 9.97 Å². The maximum absolute atomic E-state index is 13.1. The van der Waals surface area contributed by atoms with Crippen LogP contribution in [0.5, 0.6) is 0 Å². The molecular weight excluding hydrogens is 425 g/mol. The number of alkyl halides is 3. The van der Waals surface area contributed by atoms with E-state index in [4.69, 9.17) is 10.00 Å². The van der Waals surface area contributed by atoms with E-state index >= 15 is 0 Å². The smallest absolute Gasteiger partial charge is 0.379 e. The first-order valence-electron chi connectivity index (χ1n) is 9.60. The molecule has 0 radical (unpaired) electrons. The third kappa shape index (κ3) is 4.89. The Balaban J connectivity index is 1.72. The molecule has 1 saturated heterocycles. The van der Waals surface area contributed by atoms with E-state index in [1.54, 1.807) is 6.07 Å². The summed E-state index contributed by atoms with van der Waals surface area (Å²) in [5, 5.41) is 15.1. The molecule has 0 aromatic carbocycles. The molecule has 0 spiro atoms. The van der Waals surface area contributed by atoms with Crippen LogP contribution in [0.15, 0.2) is 36.5 Å². The van der Waals surface area contributed by atoms with Crippen LogP contribution in [0.25, 0.3) is 11.5 Å². The summed E-state index contributed by atoms with van der Waals surface area (Å²) in [6, 6.07) is 8.46. The van der Waals surface area contributed by atoms with E-state index in [0.717, 1.165) is 6.07 Å². The van der Waals surface area contributed by atoms with E-state index in [-0.39, 0.29) is 41.1 Å². The van der Waals surface area contributed by atoms with E-state index in [1.807, 2.05) is 13.0 Å². The van der Waals surface area contributed by atoms with Crippen molar-refractivity contribution in [3.05, 3.63) is 47.9 Å². The molecule has 0 amide bonds. The Kier molecular flexibility index (Phi) is 5.83. The van der Waals surface area contributed by atoms with Gasteiger partial charge in [0.2, 0.25) is 11.9 Å². The van der Waals surface area contributed by atoms with Gasteiger partial charge in [-0.3, -0.25) is 0 Å². The van der Waals surface area contributed by atoms with Crippen LogP contribution in [0.2, 0.25) is 0 Å². The van der Waals surface area contributed by atoms with Crippen molar-refractivity contribution in [2.75, 3.05) is 23.8 Å². The van der Waals surface area contributed by atoms with Crippen molar-refractivity contribution in [3.8, 4) is 17.6 Å². The first kappa shape index (κ1) is 21.4. The van der Waals surface area contributed by atoms with Gasteiger partial charge in [0.05, 0.1) is 19.3 Å². The SMILES string of the molecule is CC1COCC1Nc1nc(Nc2ccnc(C#N)c2)nc(-c2cccc(C(F)(F)F)n2)n1. The predicted octanol–water partition coefficient (Wildman–Crippen LogP) is 3.41. The summed E-state index contributed by atoms with van der Waals surface area (Å²) in [6.45, 7) is 3.02. The van der Waals surface area contributed by atoms with Gasteiger partial charge in [0.25, 0.3) is 0 Å². The van der Waals surface area contributed by atoms with E-state index in [1.165, 1.54) is 24.4 Å². The molecular formula is C20H17F3N8O. The lowest BCUT2D eigenvalue weighted by Gasteiger charge is -2.16. The number of hydrogen-bond donors (Lipinski definition) is 2. The third-order valence-electron chi connectivity index (χ3n) is 4.71. The maximum atomic E-state index is 13.1. The molecule has 2 N–H and O–H groups in total. The summed E-state index contributed by atoms with van der Waals surface area (Å²) in [5.41, 5.74) is -0.449. The van der Waals surface area contributed by atoms with Gasteiger partial charge >= 0.3 is 6.18 Å². The molecule has 0 aliphatic carbocycles. The van der Waals surface area contributed by atoms with Crippen LogP contribution < -0.4 is 10.6 Å². The molecule has 0 saturated carbocycles. The number of halogens is 3. The number of aromatic nitrogens is 5. The van der Waals surface area contributed by atoms with E-state index in [2.05, 4.69) is 35.6 Å². The Hall–Kier alpha value is -3.85. The van der Waals surface area contributed by atoms with Crippen LogP contribution in [0.1, 0.15) is 18.3 Å². The number of rotatable bonds is 5. The number of hydrogen-bond acceptors (Lipinski definition) is 9. The van der Waals surface area contributed by atoms with Gasteiger partial charge in [0.1, 0.15) is 23.2 Å². The Morgan fingerprint density at radius 2 is 1.91 bits per heavy atom. The molecule has 4 rings (SSSR count). The Morgan fingerprint density at radius 1 is 1.09 bits per heavy atom. The zero-order chi connectivity index (χ0) is 22.7. The highest BCUT2D eigenvalue weighted by Gasteiger charge is 2.33. The number of nitriles is 1. The predicted molar refractivity (Wildman–Crippen MR) is 108 cm³/mol. The molecule has 3 aromatic rings. The number of ether oxygens (including phenoxy) is 1. The topological polar surface area (TPSA) is 122 Å². The normalized spacial score (nSPS) is 18.2. The fraction of sp³-hybridized carbons (Fsp3) is 0.300. The summed E-state index contributed by atoms with van der Waals surface area (Å²) >= 11 is 0. The summed E-state index contributed by atoms with van der Waals surface area (Å²) in [4.78, 5) is 20.4. The van der Waals surface area contributed by atoms with Crippen molar-refractivity contribution in [2.45, 2.75) is 19.1 Å². The van der Waals surface area contributed by atoms with Crippen molar-refractivity contribution in [2.24, 2.45) is 5.92 Å². The average molecular weight is 442 g/mol. The molecule has 1 aliphatic rings. The second-order valence-corrected chi connectivity index (χ2v) is 7.14. The van der Waals surface area contributed by atoms with E-state index in [0.29, 0.717) is 18.9 Å². The van der Waals surface area contributed by atoms with Crippen LogP contribution in [-0.4, -0.2) is 44.2 Å².